The Balaban J connectivity index is 1.68. The van der Waals surface area contributed by atoms with Crippen LogP contribution >= 0.6 is 0 Å². The van der Waals surface area contributed by atoms with Gasteiger partial charge in [-0.1, -0.05) is 51.3 Å². The van der Waals surface area contributed by atoms with Crippen LogP contribution in [0.3, 0.4) is 0 Å². The molecular weight excluding hydrogens is 476 g/mol. The van der Waals surface area contributed by atoms with E-state index in [1.54, 1.807) is 0 Å². The third-order valence-corrected chi connectivity index (χ3v) is 11.4. The number of carbonyl (C=O) groups excluding carboxylic acids is 3. The number of hydrogen-bond donors (Lipinski definition) is 0. The number of hydrogen-bond acceptors (Lipinski definition) is 5. The summed E-state index contributed by atoms with van der Waals surface area (Å²) >= 11 is 0. The van der Waals surface area contributed by atoms with Gasteiger partial charge in [0, 0.05) is 24.7 Å². The summed E-state index contributed by atoms with van der Waals surface area (Å²) < 4.78 is 11.2. The van der Waals surface area contributed by atoms with E-state index in [1.807, 2.05) is 0 Å². The van der Waals surface area contributed by atoms with E-state index in [0.29, 0.717) is 12.3 Å². The monoisotopic (exact) mass is 526 g/mol. The maximum atomic E-state index is 14.4. The van der Waals surface area contributed by atoms with Crippen LogP contribution < -0.4 is 0 Å². The van der Waals surface area contributed by atoms with Gasteiger partial charge in [0.25, 0.3) is 0 Å². The molecule has 0 amide bonds. The number of rotatable bonds is 5. The second-order valence-electron chi connectivity index (χ2n) is 14.6. The van der Waals surface area contributed by atoms with Crippen molar-refractivity contribution >= 4 is 17.7 Å². The van der Waals surface area contributed by atoms with E-state index >= 15 is 0 Å². The van der Waals surface area contributed by atoms with Gasteiger partial charge in [0.15, 0.2) is 5.78 Å². The quantitative estimate of drug-likeness (QED) is 0.274. The fourth-order valence-corrected chi connectivity index (χ4v) is 9.18. The van der Waals surface area contributed by atoms with Gasteiger partial charge in [-0.15, -0.1) is 0 Å². The Hall–Kier alpha value is -1.91. The fourth-order valence-electron chi connectivity index (χ4n) is 9.18. The van der Waals surface area contributed by atoms with Crippen LogP contribution in [0.2, 0.25) is 0 Å². The summed E-state index contributed by atoms with van der Waals surface area (Å²) in [4.78, 5) is 39.5. The highest BCUT2D eigenvalue weighted by atomic mass is 16.5. The molecule has 4 rings (SSSR count). The first-order valence-corrected chi connectivity index (χ1v) is 14.8. The van der Waals surface area contributed by atoms with E-state index in [9.17, 15) is 14.4 Å². The van der Waals surface area contributed by atoms with Crippen LogP contribution in [0.5, 0.6) is 0 Å². The van der Waals surface area contributed by atoms with Gasteiger partial charge in [0.05, 0.1) is 12.5 Å². The highest BCUT2D eigenvalue weighted by Gasteiger charge is 2.58. The SMILES string of the molecule is COC(=O)[C@@]12CCC(C)=C(C(=O)CC3=C(C)CC[C@H]4C(C)(C)[C@@H](OC(C)=O)CC[C@]34C)[C@@H]1CC(C)(C)CC2. The number of methoxy groups -OCH3 is 1. The first-order chi connectivity index (χ1) is 17.6. The lowest BCUT2D eigenvalue weighted by Gasteiger charge is -2.57. The molecule has 0 aromatic carbocycles. The topological polar surface area (TPSA) is 69.7 Å². The smallest absolute Gasteiger partial charge is 0.312 e. The van der Waals surface area contributed by atoms with Crippen molar-refractivity contribution in [1.29, 1.82) is 0 Å². The average molecular weight is 527 g/mol. The molecule has 4 aliphatic rings. The Morgan fingerprint density at radius 3 is 2.21 bits per heavy atom. The number of ether oxygens (including phenoxy) is 2. The molecule has 0 saturated heterocycles. The normalized spacial score (nSPS) is 36.2. The second-order valence-corrected chi connectivity index (χ2v) is 14.6. The van der Waals surface area contributed by atoms with E-state index in [1.165, 1.54) is 25.2 Å². The molecule has 2 fully saturated rings. The number of fused-ring (bicyclic) bond motifs is 2. The molecule has 4 aliphatic carbocycles. The molecule has 0 radical (unpaired) electrons. The maximum absolute atomic E-state index is 14.4. The van der Waals surface area contributed by atoms with Gasteiger partial charge in [-0.25, -0.2) is 0 Å². The second kappa shape index (κ2) is 9.93. The molecule has 5 atom stereocenters. The van der Waals surface area contributed by atoms with Crippen LogP contribution in [0.15, 0.2) is 22.3 Å². The molecule has 5 heteroatoms. The predicted molar refractivity (Wildman–Crippen MR) is 149 cm³/mol. The van der Waals surface area contributed by atoms with Crippen LogP contribution in [-0.2, 0) is 23.9 Å². The minimum Gasteiger partial charge on any atom is -0.469 e. The predicted octanol–water partition coefficient (Wildman–Crippen LogP) is 7.53. The first-order valence-electron chi connectivity index (χ1n) is 14.8. The van der Waals surface area contributed by atoms with Crippen molar-refractivity contribution in [1.82, 2.24) is 0 Å². The zero-order valence-corrected chi connectivity index (χ0v) is 25.3. The summed E-state index contributed by atoms with van der Waals surface area (Å²) in [7, 11) is 1.49. The number of esters is 2. The Labute approximate surface area is 230 Å². The molecule has 0 aromatic heterocycles. The van der Waals surface area contributed by atoms with Gasteiger partial charge in [0.2, 0.25) is 0 Å². The maximum Gasteiger partial charge on any atom is 0.312 e. The molecule has 0 spiro atoms. The number of allylic oxidation sites excluding steroid dienone is 4. The largest absolute Gasteiger partial charge is 0.469 e. The first kappa shape index (κ1) is 29.1. The highest BCUT2D eigenvalue weighted by molar-refractivity contribution is 6.00. The van der Waals surface area contributed by atoms with E-state index in [0.717, 1.165) is 68.9 Å². The molecule has 0 aromatic rings. The molecule has 5 nitrogen and oxygen atoms in total. The minimum absolute atomic E-state index is 0.0795. The zero-order chi connectivity index (χ0) is 28.3. The Bertz CT molecular complexity index is 1070. The van der Waals surface area contributed by atoms with Crippen LogP contribution in [0.4, 0.5) is 0 Å². The fraction of sp³-hybridized carbons (Fsp3) is 0.788. The molecule has 0 bridgehead atoms. The van der Waals surface area contributed by atoms with Crippen molar-refractivity contribution < 1.29 is 23.9 Å². The third-order valence-electron chi connectivity index (χ3n) is 11.4. The standard InChI is InChI=1S/C33H50O5/c1-20-10-11-26-31(6,7)27(38-22(3)34)13-14-32(26,8)23(20)18-25(35)28-21(2)12-15-33(29(36)37-9)17-16-30(4,5)19-24(28)33/h24,26-27H,10-19H2,1-9H3/t24-,26-,27-,32+,33+/m0/s1. The summed E-state index contributed by atoms with van der Waals surface area (Å²) in [6, 6.07) is 0. The number of ketones is 1. The lowest BCUT2D eigenvalue weighted by Crippen LogP contribution is -2.53. The van der Waals surface area contributed by atoms with Gasteiger partial charge in [-0.3, -0.25) is 14.4 Å². The number of carbonyl (C=O) groups is 3. The van der Waals surface area contributed by atoms with Crippen LogP contribution in [0.25, 0.3) is 0 Å². The Morgan fingerprint density at radius 2 is 1.58 bits per heavy atom. The third kappa shape index (κ3) is 4.70. The molecule has 0 aliphatic heterocycles. The minimum atomic E-state index is -0.582. The van der Waals surface area contributed by atoms with Crippen LogP contribution in [0.1, 0.15) is 120 Å². The van der Waals surface area contributed by atoms with Crippen LogP contribution in [-0.4, -0.2) is 30.9 Å². The summed E-state index contributed by atoms with van der Waals surface area (Å²) in [5, 5.41) is 0. The van der Waals surface area contributed by atoms with Crippen molar-refractivity contribution in [2.24, 2.45) is 33.5 Å². The lowest BCUT2D eigenvalue weighted by atomic mass is 9.48. The summed E-state index contributed by atoms with van der Waals surface area (Å²) in [6.07, 6.45) is 8.24. The van der Waals surface area contributed by atoms with Gasteiger partial charge >= 0.3 is 11.9 Å². The average Bonchev–Trinajstić information content (AvgIpc) is 2.82. The molecule has 38 heavy (non-hydrogen) atoms. The number of Topliss-reactive ketones (excluding diaryl/α,β-unsaturated/α-hetero) is 1. The van der Waals surface area contributed by atoms with Crippen LogP contribution in [0, 0.1) is 33.5 Å². The van der Waals surface area contributed by atoms with E-state index in [-0.39, 0.29) is 46.0 Å². The summed E-state index contributed by atoms with van der Waals surface area (Å²) in [5.41, 5.74) is 3.94. The van der Waals surface area contributed by atoms with E-state index in [4.69, 9.17) is 9.47 Å². The lowest BCUT2D eigenvalue weighted by molar-refractivity contribution is -0.166. The van der Waals surface area contributed by atoms with Gasteiger partial charge in [-0.05, 0) is 94.0 Å². The molecule has 212 valence electrons. The highest BCUT2D eigenvalue weighted by Crippen LogP contribution is 2.62. The summed E-state index contributed by atoms with van der Waals surface area (Å²) in [6.45, 7) is 17.2. The molecule has 0 heterocycles. The zero-order valence-electron chi connectivity index (χ0n) is 25.3. The van der Waals surface area contributed by atoms with Gasteiger partial charge in [-0.2, -0.15) is 0 Å². The van der Waals surface area contributed by atoms with Crippen molar-refractivity contribution in [3.05, 3.63) is 22.3 Å². The van der Waals surface area contributed by atoms with E-state index < -0.39 is 5.41 Å². The van der Waals surface area contributed by atoms with Crippen molar-refractivity contribution in [3.8, 4) is 0 Å². The molecule has 0 unspecified atom stereocenters. The molecular formula is C33H50O5. The van der Waals surface area contributed by atoms with Crippen molar-refractivity contribution in [2.45, 2.75) is 126 Å². The van der Waals surface area contributed by atoms with Crippen molar-refractivity contribution in [3.63, 3.8) is 0 Å². The molecule has 2 saturated carbocycles. The Kier molecular flexibility index (Phi) is 7.60. The van der Waals surface area contributed by atoms with Gasteiger partial charge < -0.3 is 9.47 Å². The van der Waals surface area contributed by atoms with Gasteiger partial charge in [0.1, 0.15) is 6.10 Å². The summed E-state index contributed by atoms with van der Waals surface area (Å²) in [5.74, 6) is 0.109. The van der Waals surface area contributed by atoms with Crippen molar-refractivity contribution in [2.75, 3.05) is 7.11 Å². The molecule has 0 N–H and O–H groups in total. The Morgan fingerprint density at radius 1 is 0.895 bits per heavy atom. The van der Waals surface area contributed by atoms with E-state index in [2.05, 4.69) is 48.5 Å².